The summed E-state index contributed by atoms with van der Waals surface area (Å²) < 4.78 is 20.0. The number of aliphatic hydroxyl groups excluding tert-OH is 1. The van der Waals surface area contributed by atoms with E-state index < -0.39 is 12.1 Å². The summed E-state index contributed by atoms with van der Waals surface area (Å²) in [6, 6.07) is 7.41. The molecule has 0 bridgehead atoms. The van der Waals surface area contributed by atoms with Crippen LogP contribution in [0.3, 0.4) is 0 Å². The number of aliphatic hydroxyl groups is 1. The van der Waals surface area contributed by atoms with E-state index in [4.69, 9.17) is 4.74 Å². The molecule has 1 aromatic carbocycles. The number of rotatable bonds is 8. The Hall–Kier alpha value is -2.71. The lowest BCUT2D eigenvalue weighted by atomic mass is 9.73. The van der Waals surface area contributed by atoms with E-state index in [1.807, 2.05) is 6.07 Å². The summed E-state index contributed by atoms with van der Waals surface area (Å²) in [6.45, 7) is 7.96. The molecule has 0 saturated heterocycles. The Morgan fingerprint density at radius 3 is 2.67 bits per heavy atom. The standard InChI is InChI=1S/C28H38FN3O4/c1-17(33)31-22(12-18-7-5-8-19(29)11-18)24(34)16-30-23-15-28(9-6-10-28)36-25-21(23)13-20(32-26(25)35)14-27(2,3)4/h5,7-8,11,13,22-24,30,34H,6,9-10,12,14-16H2,1-4H3,(H,31,33)(H,32,35)/t22-,23-,24-/m0/s1. The minimum Gasteiger partial charge on any atom is -0.481 e. The number of benzene rings is 1. The quantitative estimate of drug-likeness (QED) is 0.445. The second-order valence-electron chi connectivity index (χ2n) is 11.7. The Kier molecular flexibility index (Phi) is 7.57. The predicted molar refractivity (Wildman–Crippen MR) is 137 cm³/mol. The van der Waals surface area contributed by atoms with Crippen molar-refractivity contribution >= 4 is 5.91 Å². The summed E-state index contributed by atoms with van der Waals surface area (Å²) in [5.74, 6) is -0.259. The molecule has 0 unspecified atom stereocenters. The van der Waals surface area contributed by atoms with Crippen molar-refractivity contribution in [3.8, 4) is 5.75 Å². The first kappa shape index (κ1) is 26.4. The van der Waals surface area contributed by atoms with Crippen LogP contribution < -0.4 is 20.9 Å². The number of hydrogen-bond donors (Lipinski definition) is 4. The maximum atomic E-state index is 13.7. The molecule has 36 heavy (non-hydrogen) atoms. The van der Waals surface area contributed by atoms with Gasteiger partial charge in [-0.15, -0.1) is 0 Å². The third-order valence-corrected chi connectivity index (χ3v) is 7.10. The summed E-state index contributed by atoms with van der Waals surface area (Å²) >= 11 is 0. The molecule has 1 aromatic heterocycles. The van der Waals surface area contributed by atoms with Gasteiger partial charge in [-0.1, -0.05) is 32.9 Å². The first-order chi connectivity index (χ1) is 16.9. The van der Waals surface area contributed by atoms with E-state index in [0.29, 0.717) is 30.6 Å². The third kappa shape index (κ3) is 6.34. The molecule has 1 aliphatic heterocycles. The highest BCUT2D eigenvalue weighted by Crippen LogP contribution is 2.47. The first-order valence-electron chi connectivity index (χ1n) is 12.8. The van der Waals surface area contributed by atoms with Crippen LogP contribution in [0.25, 0.3) is 0 Å². The number of amides is 1. The zero-order chi connectivity index (χ0) is 26.1. The molecule has 1 spiro atoms. The Balaban J connectivity index is 1.54. The van der Waals surface area contributed by atoms with Crippen LogP contribution in [0.5, 0.6) is 5.75 Å². The van der Waals surface area contributed by atoms with E-state index >= 15 is 0 Å². The molecule has 7 nitrogen and oxygen atoms in total. The molecule has 2 heterocycles. The molecular weight excluding hydrogens is 461 g/mol. The summed E-state index contributed by atoms with van der Waals surface area (Å²) in [5, 5.41) is 17.3. The number of pyridine rings is 1. The molecule has 4 rings (SSSR count). The van der Waals surface area contributed by atoms with E-state index in [1.54, 1.807) is 12.1 Å². The van der Waals surface area contributed by atoms with Crippen molar-refractivity contribution in [1.82, 2.24) is 15.6 Å². The van der Waals surface area contributed by atoms with Gasteiger partial charge in [-0.3, -0.25) is 9.59 Å². The van der Waals surface area contributed by atoms with Crippen LogP contribution in [-0.2, 0) is 17.6 Å². The van der Waals surface area contributed by atoms with Crippen molar-refractivity contribution in [3.05, 3.63) is 63.3 Å². The molecule has 8 heteroatoms. The minimum atomic E-state index is -0.920. The highest BCUT2D eigenvalue weighted by molar-refractivity contribution is 5.73. The van der Waals surface area contributed by atoms with E-state index in [9.17, 15) is 19.1 Å². The van der Waals surface area contributed by atoms with Crippen molar-refractivity contribution in [3.63, 3.8) is 0 Å². The lowest BCUT2D eigenvalue weighted by Gasteiger charge is -2.48. The van der Waals surface area contributed by atoms with E-state index in [0.717, 1.165) is 30.5 Å². The largest absolute Gasteiger partial charge is 0.481 e. The van der Waals surface area contributed by atoms with Gasteiger partial charge in [0.1, 0.15) is 11.4 Å². The summed E-state index contributed by atoms with van der Waals surface area (Å²) in [4.78, 5) is 27.8. The number of fused-ring (bicyclic) bond motifs is 1. The third-order valence-electron chi connectivity index (χ3n) is 7.10. The SMILES string of the molecule is CC(=O)N[C@@H](Cc1cccc(F)c1)[C@@H](O)CN[C@H]1CC2(CCC2)Oc2c1cc(CC(C)(C)C)[nH]c2=O. The Morgan fingerprint density at radius 1 is 1.31 bits per heavy atom. The lowest BCUT2D eigenvalue weighted by Crippen LogP contribution is -2.53. The van der Waals surface area contributed by atoms with Crippen LogP contribution in [0.4, 0.5) is 4.39 Å². The number of aromatic nitrogens is 1. The fraction of sp³-hybridized carbons (Fsp3) is 0.571. The van der Waals surface area contributed by atoms with Crippen LogP contribution in [0.2, 0.25) is 0 Å². The summed E-state index contributed by atoms with van der Waals surface area (Å²) in [5.41, 5.74) is 1.79. The van der Waals surface area contributed by atoms with E-state index in [2.05, 4.69) is 36.4 Å². The number of carbonyl (C=O) groups excluding carboxylic acids is 1. The van der Waals surface area contributed by atoms with Gasteiger partial charge >= 0.3 is 0 Å². The normalized spacial score (nSPS) is 20.1. The van der Waals surface area contributed by atoms with Gasteiger partial charge in [0.15, 0.2) is 5.75 Å². The van der Waals surface area contributed by atoms with E-state index in [1.165, 1.54) is 19.1 Å². The molecule has 1 amide bonds. The fourth-order valence-corrected chi connectivity index (χ4v) is 5.32. The van der Waals surface area contributed by atoms with Gasteiger partial charge in [0.05, 0.1) is 12.1 Å². The van der Waals surface area contributed by atoms with E-state index in [-0.39, 0.29) is 40.9 Å². The van der Waals surface area contributed by atoms with Gasteiger partial charge in [0.25, 0.3) is 5.56 Å². The summed E-state index contributed by atoms with van der Waals surface area (Å²) in [7, 11) is 0. The van der Waals surface area contributed by atoms with Crippen molar-refractivity contribution in [2.24, 2.45) is 5.41 Å². The Morgan fingerprint density at radius 2 is 2.06 bits per heavy atom. The molecule has 2 aliphatic rings. The maximum Gasteiger partial charge on any atom is 0.290 e. The number of hydrogen-bond acceptors (Lipinski definition) is 5. The maximum absolute atomic E-state index is 13.7. The minimum absolute atomic E-state index is 0.00348. The highest BCUT2D eigenvalue weighted by Gasteiger charge is 2.46. The number of H-pyrrole nitrogens is 1. The van der Waals surface area contributed by atoms with Crippen LogP contribution >= 0.6 is 0 Å². The second kappa shape index (κ2) is 10.3. The number of halogens is 1. The first-order valence-corrected chi connectivity index (χ1v) is 12.8. The fourth-order valence-electron chi connectivity index (χ4n) is 5.32. The topological polar surface area (TPSA) is 103 Å². The Labute approximate surface area is 211 Å². The smallest absolute Gasteiger partial charge is 0.290 e. The van der Waals surface area contributed by atoms with Crippen molar-refractivity contribution in [2.45, 2.75) is 90.0 Å². The van der Waals surface area contributed by atoms with Gasteiger partial charge < -0.3 is 25.5 Å². The number of nitrogens with one attached hydrogen (secondary N) is 3. The highest BCUT2D eigenvalue weighted by atomic mass is 19.1. The van der Waals surface area contributed by atoms with Gasteiger partial charge in [-0.25, -0.2) is 4.39 Å². The molecule has 1 fully saturated rings. The van der Waals surface area contributed by atoms with Crippen molar-refractivity contribution < 1.29 is 19.0 Å². The van der Waals surface area contributed by atoms with Crippen molar-refractivity contribution in [2.75, 3.05) is 6.54 Å². The van der Waals surface area contributed by atoms with Gasteiger partial charge in [-0.05, 0) is 61.3 Å². The second-order valence-corrected chi connectivity index (χ2v) is 11.7. The Bertz CT molecular complexity index is 1150. The van der Waals surface area contributed by atoms with Crippen molar-refractivity contribution in [1.29, 1.82) is 0 Å². The number of aromatic amines is 1. The predicted octanol–water partition coefficient (Wildman–Crippen LogP) is 3.55. The lowest BCUT2D eigenvalue weighted by molar-refractivity contribution is -0.120. The van der Waals surface area contributed by atoms with Crippen LogP contribution in [0, 0.1) is 11.2 Å². The van der Waals surface area contributed by atoms with Crippen LogP contribution in [0.1, 0.15) is 76.2 Å². The zero-order valence-electron chi connectivity index (χ0n) is 21.6. The molecular formula is C28H38FN3O4. The van der Waals surface area contributed by atoms with Gasteiger partial charge in [-0.2, -0.15) is 0 Å². The molecule has 196 valence electrons. The zero-order valence-corrected chi connectivity index (χ0v) is 21.6. The molecule has 1 saturated carbocycles. The summed E-state index contributed by atoms with van der Waals surface area (Å²) in [6.07, 6.45) is 3.65. The van der Waals surface area contributed by atoms with Crippen LogP contribution in [0.15, 0.2) is 35.1 Å². The molecule has 0 radical (unpaired) electrons. The average Bonchev–Trinajstić information content (AvgIpc) is 2.74. The average molecular weight is 500 g/mol. The van der Waals surface area contributed by atoms with Gasteiger partial charge in [0, 0.05) is 37.2 Å². The van der Waals surface area contributed by atoms with Crippen LogP contribution in [-0.4, -0.2) is 40.3 Å². The molecule has 4 N–H and O–H groups in total. The molecule has 1 aliphatic carbocycles. The monoisotopic (exact) mass is 499 g/mol. The molecule has 3 atom stereocenters. The van der Waals surface area contributed by atoms with Gasteiger partial charge in [0.2, 0.25) is 5.91 Å². The number of carbonyl (C=O) groups is 1. The molecule has 2 aromatic rings. The number of ether oxygens (including phenoxy) is 1.